The molecule has 0 aliphatic rings. The van der Waals surface area contributed by atoms with Crippen LogP contribution in [0.2, 0.25) is 0 Å². The summed E-state index contributed by atoms with van der Waals surface area (Å²) >= 11 is 0. The maximum absolute atomic E-state index is 11.3. The van der Waals surface area contributed by atoms with Crippen molar-refractivity contribution in [3.05, 3.63) is 12.2 Å². The molecule has 0 N–H and O–H groups in total. The van der Waals surface area contributed by atoms with Gasteiger partial charge >= 0.3 is 11.9 Å². The first-order valence-corrected chi connectivity index (χ1v) is 4.39. The Bertz CT molecular complexity index is 292. The second kappa shape index (κ2) is 5.95. The molecule has 5 heteroatoms. The summed E-state index contributed by atoms with van der Waals surface area (Å²) < 4.78 is 9.03. The van der Waals surface area contributed by atoms with Gasteiger partial charge in [0.05, 0.1) is 19.3 Å². The first-order chi connectivity index (χ1) is 6.95. The minimum Gasteiger partial charge on any atom is -0.466 e. The van der Waals surface area contributed by atoms with Gasteiger partial charge in [0.2, 0.25) is 0 Å². The van der Waals surface area contributed by atoms with Gasteiger partial charge in [0, 0.05) is 0 Å². The first-order valence-electron chi connectivity index (χ1n) is 4.39. The third-order valence-electron chi connectivity index (χ3n) is 1.72. The lowest BCUT2D eigenvalue weighted by Crippen LogP contribution is -2.29. The van der Waals surface area contributed by atoms with E-state index in [9.17, 15) is 14.4 Å². The minimum absolute atomic E-state index is 0.136. The van der Waals surface area contributed by atoms with Crippen molar-refractivity contribution in [3.63, 3.8) is 0 Å². The Labute approximate surface area is 88.0 Å². The monoisotopic (exact) mass is 214 g/mol. The molecule has 1 unspecified atom stereocenters. The minimum atomic E-state index is -1.27. The average molecular weight is 214 g/mol. The predicted octanol–water partition coefficient (Wildman–Crippen LogP) is 0.484. The number of carbonyl (C=O) groups is 3. The number of ether oxygens (including phenoxy) is 2. The SMILES string of the molecule is C=C(C(=O)OC)C(C(C)=O)C(=O)OCC. The first kappa shape index (κ1) is 13.4. The highest BCUT2D eigenvalue weighted by Gasteiger charge is 2.32. The van der Waals surface area contributed by atoms with Gasteiger partial charge in [0.25, 0.3) is 0 Å². The molecule has 0 radical (unpaired) electrons. The van der Waals surface area contributed by atoms with E-state index in [1.165, 1.54) is 6.92 Å². The van der Waals surface area contributed by atoms with Crippen LogP contribution in [0.5, 0.6) is 0 Å². The highest BCUT2D eigenvalue weighted by molar-refractivity contribution is 6.08. The molecule has 0 saturated heterocycles. The van der Waals surface area contributed by atoms with Crippen molar-refractivity contribution in [2.75, 3.05) is 13.7 Å². The molecule has 0 aromatic rings. The van der Waals surface area contributed by atoms with Crippen molar-refractivity contribution in [2.45, 2.75) is 13.8 Å². The fourth-order valence-electron chi connectivity index (χ4n) is 1.03. The van der Waals surface area contributed by atoms with Crippen LogP contribution in [-0.4, -0.2) is 31.4 Å². The zero-order chi connectivity index (χ0) is 12.0. The Morgan fingerprint density at radius 2 is 1.87 bits per heavy atom. The summed E-state index contributed by atoms with van der Waals surface area (Å²) in [5, 5.41) is 0. The second-order valence-corrected chi connectivity index (χ2v) is 2.81. The molecule has 84 valence electrons. The summed E-state index contributed by atoms with van der Waals surface area (Å²) in [5.41, 5.74) is -0.205. The molecule has 0 aliphatic heterocycles. The summed E-state index contributed by atoms with van der Waals surface area (Å²) in [4.78, 5) is 33.6. The molecule has 0 aliphatic carbocycles. The molecule has 0 heterocycles. The van der Waals surface area contributed by atoms with Crippen molar-refractivity contribution in [3.8, 4) is 0 Å². The lowest BCUT2D eigenvalue weighted by molar-refractivity contribution is -0.152. The van der Waals surface area contributed by atoms with Gasteiger partial charge in [-0.2, -0.15) is 0 Å². The third-order valence-corrected chi connectivity index (χ3v) is 1.72. The van der Waals surface area contributed by atoms with Crippen LogP contribution in [0, 0.1) is 5.92 Å². The van der Waals surface area contributed by atoms with Crippen LogP contribution in [0.1, 0.15) is 13.8 Å². The molecule has 5 nitrogen and oxygen atoms in total. The van der Waals surface area contributed by atoms with E-state index in [1.807, 2.05) is 0 Å². The Kier molecular flexibility index (Phi) is 5.30. The van der Waals surface area contributed by atoms with E-state index in [0.717, 1.165) is 7.11 Å². The number of carbonyl (C=O) groups excluding carboxylic acids is 3. The molecular formula is C10H14O5. The average Bonchev–Trinajstić information content (AvgIpc) is 2.16. The second-order valence-electron chi connectivity index (χ2n) is 2.81. The fraction of sp³-hybridized carbons (Fsp3) is 0.500. The molecule has 0 aromatic heterocycles. The van der Waals surface area contributed by atoms with Crippen LogP contribution in [0.15, 0.2) is 12.2 Å². The summed E-state index contributed by atoms with van der Waals surface area (Å²) in [6.45, 7) is 6.29. The summed E-state index contributed by atoms with van der Waals surface area (Å²) in [6, 6.07) is 0. The van der Waals surface area contributed by atoms with Crippen LogP contribution in [0.3, 0.4) is 0 Å². The smallest absolute Gasteiger partial charge is 0.334 e. The predicted molar refractivity (Wildman–Crippen MR) is 52.0 cm³/mol. The van der Waals surface area contributed by atoms with Crippen LogP contribution in [0.4, 0.5) is 0 Å². The zero-order valence-corrected chi connectivity index (χ0v) is 9.03. The molecule has 1 atom stereocenters. The number of rotatable bonds is 5. The molecule has 0 fully saturated rings. The van der Waals surface area contributed by atoms with Crippen molar-refractivity contribution >= 4 is 17.7 Å². The van der Waals surface area contributed by atoms with Gasteiger partial charge in [-0.05, 0) is 13.8 Å². The summed E-state index contributed by atoms with van der Waals surface area (Å²) in [6.07, 6.45) is 0. The number of esters is 2. The van der Waals surface area contributed by atoms with Gasteiger partial charge < -0.3 is 9.47 Å². The third kappa shape index (κ3) is 3.53. The molecule has 0 bridgehead atoms. The summed E-state index contributed by atoms with van der Waals surface area (Å²) in [7, 11) is 1.15. The molecule has 0 rings (SSSR count). The number of Topliss-reactive ketones (excluding diaryl/α,β-unsaturated/α-hetero) is 1. The molecular weight excluding hydrogens is 200 g/mol. The molecule has 0 amide bonds. The topological polar surface area (TPSA) is 69.7 Å². The van der Waals surface area contributed by atoms with E-state index in [2.05, 4.69) is 16.1 Å². The van der Waals surface area contributed by atoms with E-state index >= 15 is 0 Å². The number of hydrogen-bond acceptors (Lipinski definition) is 5. The molecule has 0 spiro atoms. The zero-order valence-electron chi connectivity index (χ0n) is 9.03. The maximum atomic E-state index is 11.3. The van der Waals surface area contributed by atoms with E-state index in [4.69, 9.17) is 0 Å². The van der Waals surface area contributed by atoms with E-state index in [-0.39, 0.29) is 12.2 Å². The van der Waals surface area contributed by atoms with E-state index in [1.54, 1.807) is 6.92 Å². The Morgan fingerprint density at radius 1 is 1.33 bits per heavy atom. The Hall–Kier alpha value is -1.65. The number of ketones is 1. The van der Waals surface area contributed by atoms with E-state index in [0.29, 0.717) is 0 Å². The van der Waals surface area contributed by atoms with Gasteiger partial charge in [0.15, 0.2) is 0 Å². The van der Waals surface area contributed by atoms with E-state index < -0.39 is 23.6 Å². The van der Waals surface area contributed by atoms with Crippen molar-refractivity contribution in [1.82, 2.24) is 0 Å². The Balaban J connectivity index is 4.82. The van der Waals surface area contributed by atoms with Crippen LogP contribution < -0.4 is 0 Å². The summed E-state index contributed by atoms with van der Waals surface area (Å²) in [5.74, 6) is -3.33. The standard InChI is InChI=1S/C10H14O5/c1-5-15-10(13)8(7(3)11)6(2)9(12)14-4/h8H,2,5H2,1,3-4H3. The molecule has 15 heavy (non-hydrogen) atoms. The van der Waals surface area contributed by atoms with Gasteiger partial charge in [-0.3, -0.25) is 9.59 Å². The lowest BCUT2D eigenvalue weighted by atomic mass is 9.97. The van der Waals surface area contributed by atoms with Crippen molar-refractivity contribution < 1.29 is 23.9 Å². The molecule has 0 saturated carbocycles. The van der Waals surface area contributed by atoms with Crippen LogP contribution in [-0.2, 0) is 23.9 Å². The Morgan fingerprint density at radius 3 is 2.20 bits per heavy atom. The number of methoxy groups -OCH3 is 1. The maximum Gasteiger partial charge on any atom is 0.334 e. The van der Waals surface area contributed by atoms with Crippen LogP contribution >= 0.6 is 0 Å². The van der Waals surface area contributed by atoms with Crippen molar-refractivity contribution in [1.29, 1.82) is 0 Å². The highest BCUT2D eigenvalue weighted by atomic mass is 16.5. The van der Waals surface area contributed by atoms with Crippen molar-refractivity contribution in [2.24, 2.45) is 5.92 Å². The molecule has 0 aromatic carbocycles. The largest absolute Gasteiger partial charge is 0.466 e. The lowest BCUT2D eigenvalue weighted by Gasteiger charge is -2.13. The fourth-order valence-corrected chi connectivity index (χ4v) is 1.03. The van der Waals surface area contributed by atoms with Gasteiger partial charge in [0.1, 0.15) is 11.7 Å². The van der Waals surface area contributed by atoms with Gasteiger partial charge in [-0.25, -0.2) is 4.79 Å². The van der Waals surface area contributed by atoms with Gasteiger partial charge in [-0.15, -0.1) is 0 Å². The number of hydrogen-bond donors (Lipinski definition) is 0. The normalized spacial score (nSPS) is 11.4. The quantitative estimate of drug-likeness (QED) is 0.378. The van der Waals surface area contributed by atoms with Crippen LogP contribution in [0.25, 0.3) is 0 Å². The van der Waals surface area contributed by atoms with Gasteiger partial charge in [-0.1, -0.05) is 6.58 Å². The highest BCUT2D eigenvalue weighted by Crippen LogP contribution is 2.14.